The predicted molar refractivity (Wildman–Crippen MR) is 136 cm³/mol. The van der Waals surface area contributed by atoms with Gasteiger partial charge in [-0.2, -0.15) is 8.42 Å². The van der Waals surface area contributed by atoms with E-state index in [2.05, 4.69) is 28.9 Å². The molecule has 1 aliphatic carbocycles. The minimum Gasteiger partial charge on any atom is -0.376 e. The summed E-state index contributed by atoms with van der Waals surface area (Å²) in [5.74, 6) is -1.98. The number of nitrogens with two attached hydrogens (primary N) is 1. The number of hydrogen-bond acceptors (Lipinski definition) is 6. The SMILES string of the molecule is CC(C)CC[C@@]1(C)C(=O)C(C2=NS(=O)(=O)c3cc(NC(N)=S)ccc3N2)C(=O)c2ccccc21. The van der Waals surface area contributed by atoms with Gasteiger partial charge in [-0.3, -0.25) is 9.59 Å². The average molecular weight is 499 g/mol. The van der Waals surface area contributed by atoms with E-state index in [0.29, 0.717) is 29.2 Å². The molecule has 34 heavy (non-hydrogen) atoms. The fraction of sp³-hybridized carbons (Fsp3) is 0.333. The van der Waals surface area contributed by atoms with E-state index in [1.54, 1.807) is 24.3 Å². The number of anilines is 2. The molecule has 0 amide bonds. The predicted octanol–water partition coefficient (Wildman–Crippen LogP) is 3.63. The first-order valence-electron chi connectivity index (χ1n) is 10.9. The Morgan fingerprint density at radius 2 is 1.94 bits per heavy atom. The van der Waals surface area contributed by atoms with Crippen molar-refractivity contribution in [2.45, 2.75) is 43.9 Å². The van der Waals surface area contributed by atoms with E-state index in [-0.39, 0.29) is 27.3 Å². The van der Waals surface area contributed by atoms with Crippen LogP contribution in [0.25, 0.3) is 0 Å². The summed E-state index contributed by atoms with van der Waals surface area (Å²) in [6.07, 6.45) is 1.31. The van der Waals surface area contributed by atoms with Gasteiger partial charge in [-0.15, -0.1) is 4.40 Å². The summed E-state index contributed by atoms with van der Waals surface area (Å²) >= 11 is 4.81. The minimum atomic E-state index is -4.19. The third-order valence-electron chi connectivity index (χ3n) is 6.36. The highest BCUT2D eigenvalue weighted by Gasteiger charge is 2.51. The molecule has 0 saturated heterocycles. The monoisotopic (exact) mass is 498 g/mol. The Labute approximate surface area is 204 Å². The largest absolute Gasteiger partial charge is 0.376 e. The molecule has 0 saturated carbocycles. The molecule has 0 fully saturated rings. The smallest absolute Gasteiger partial charge is 0.286 e. The number of hydrogen-bond donors (Lipinski definition) is 3. The second-order valence-corrected chi connectivity index (χ2v) is 11.3. The van der Waals surface area contributed by atoms with Crippen LogP contribution >= 0.6 is 12.2 Å². The zero-order chi connectivity index (χ0) is 24.8. The molecule has 4 rings (SSSR count). The second-order valence-electron chi connectivity index (χ2n) is 9.25. The molecule has 2 aliphatic rings. The first kappa shape index (κ1) is 24.0. The Morgan fingerprint density at radius 1 is 1.24 bits per heavy atom. The van der Waals surface area contributed by atoms with Crippen molar-refractivity contribution in [3.05, 3.63) is 53.6 Å². The van der Waals surface area contributed by atoms with Crippen LogP contribution in [0.3, 0.4) is 0 Å². The molecule has 2 aromatic rings. The molecule has 1 heterocycles. The van der Waals surface area contributed by atoms with Gasteiger partial charge in [0.05, 0.1) is 11.1 Å². The maximum Gasteiger partial charge on any atom is 0.286 e. The third kappa shape index (κ3) is 4.12. The standard InChI is InChI=1S/C24H26N4O4S2/c1-13(2)10-11-24(3)16-7-5-4-6-15(16)20(29)19(21(24)30)22-27-17-9-8-14(26-23(25)33)12-18(17)34(31,32)28-22/h4-9,12-13,19H,10-11H2,1-3H3,(H,27,28)(H3,25,26,33)/t19?,24-/m1/s1. The number of nitrogens with zero attached hydrogens (tertiary/aromatic N) is 1. The lowest BCUT2D eigenvalue weighted by atomic mass is 9.63. The summed E-state index contributed by atoms with van der Waals surface area (Å²) in [5, 5.41) is 5.61. The maximum atomic E-state index is 13.9. The summed E-state index contributed by atoms with van der Waals surface area (Å²) in [7, 11) is -4.19. The molecule has 4 N–H and O–H groups in total. The zero-order valence-electron chi connectivity index (χ0n) is 19.1. The van der Waals surface area contributed by atoms with Crippen molar-refractivity contribution in [3.8, 4) is 0 Å². The van der Waals surface area contributed by atoms with Crippen LogP contribution in [0.4, 0.5) is 11.4 Å². The molecule has 2 aromatic carbocycles. The van der Waals surface area contributed by atoms with Gasteiger partial charge in [0.1, 0.15) is 16.6 Å². The highest BCUT2D eigenvalue weighted by atomic mass is 32.2. The Hall–Kier alpha value is -3.11. The van der Waals surface area contributed by atoms with Crippen molar-refractivity contribution in [2.24, 2.45) is 22.0 Å². The lowest BCUT2D eigenvalue weighted by molar-refractivity contribution is -0.125. The van der Waals surface area contributed by atoms with E-state index >= 15 is 0 Å². The number of sulfonamides is 1. The average Bonchev–Trinajstić information content (AvgIpc) is 2.76. The van der Waals surface area contributed by atoms with Crippen molar-refractivity contribution < 1.29 is 18.0 Å². The number of rotatable bonds is 5. The number of nitrogens with one attached hydrogen (secondary N) is 2. The van der Waals surface area contributed by atoms with Crippen LogP contribution in [-0.2, 0) is 20.2 Å². The van der Waals surface area contributed by atoms with Crippen LogP contribution in [-0.4, -0.2) is 30.9 Å². The van der Waals surface area contributed by atoms with Gasteiger partial charge in [-0.05, 0) is 61.7 Å². The Kier molecular flexibility index (Phi) is 6.07. The quantitative estimate of drug-likeness (QED) is 0.421. The Bertz CT molecular complexity index is 1350. The van der Waals surface area contributed by atoms with Gasteiger partial charge in [0.15, 0.2) is 16.7 Å². The second kappa shape index (κ2) is 8.59. The topological polar surface area (TPSA) is 131 Å². The summed E-state index contributed by atoms with van der Waals surface area (Å²) < 4.78 is 30.0. The molecule has 1 unspecified atom stereocenters. The number of ketones is 2. The van der Waals surface area contributed by atoms with E-state index in [1.807, 2.05) is 13.0 Å². The molecule has 2 atom stereocenters. The normalized spacial score (nSPS) is 22.9. The lowest BCUT2D eigenvalue weighted by Gasteiger charge is -2.39. The number of Topliss-reactive ketones (excluding diaryl/α,β-unsaturated/α-hetero) is 2. The highest BCUT2D eigenvalue weighted by molar-refractivity contribution is 7.90. The van der Waals surface area contributed by atoms with E-state index in [0.717, 1.165) is 6.42 Å². The van der Waals surface area contributed by atoms with Gasteiger partial charge in [0, 0.05) is 11.3 Å². The van der Waals surface area contributed by atoms with Gasteiger partial charge in [0.25, 0.3) is 10.0 Å². The molecule has 178 valence electrons. The molecular weight excluding hydrogens is 472 g/mol. The molecular formula is C24H26N4O4S2. The van der Waals surface area contributed by atoms with Crippen LogP contribution in [0.5, 0.6) is 0 Å². The molecule has 8 nitrogen and oxygen atoms in total. The van der Waals surface area contributed by atoms with E-state index in [4.69, 9.17) is 18.0 Å². The lowest BCUT2D eigenvalue weighted by Crippen LogP contribution is -2.51. The number of amidine groups is 1. The van der Waals surface area contributed by atoms with Gasteiger partial charge < -0.3 is 16.4 Å². The van der Waals surface area contributed by atoms with Crippen molar-refractivity contribution in [3.63, 3.8) is 0 Å². The van der Waals surface area contributed by atoms with Crippen molar-refractivity contribution >= 4 is 56.1 Å². The van der Waals surface area contributed by atoms with Crippen LogP contribution in [0, 0.1) is 11.8 Å². The van der Waals surface area contributed by atoms with E-state index < -0.39 is 27.1 Å². The highest BCUT2D eigenvalue weighted by Crippen LogP contribution is 2.42. The molecule has 10 heteroatoms. The maximum absolute atomic E-state index is 13.9. The van der Waals surface area contributed by atoms with Gasteiger partial charge in [-0.1, -0.05) is 38.1 Å². The van der Waals surface area contributed by atoms with Crippen molar-refractivity contribution in [1.29, 1.82) is 0 Å². The number of fused-ring (bicyclic) bond motifs is 2. The number of carbonyl (C=O) groups is 2. The zero-order valence-corrected chi connectivity index (χ0v) is 20.7. The molecule has 0 spiro atoms. The molecule has 0 bridgehead atoms. The van der Waals surface area contributed by atoms with Crippen molar-refractivity contribution in [1.82, 2.24) is 0 Å². The first-order chi connectivity index (χ1) is 15.9. The van der Waals surface area contributed by atoms with Crippen LogP contribution in [0.2, 0.25) is 0 Å². The van der Waals surface area contributed by atoms with Crippen molar-refractivity contribution in [2.75, 3.05) is 10.6 Å². The Balaban J connectivity index is 1.80. The summed E-state index contributed by atoms with van der Waals surface area (Å²) in [6.45, 7) is 5.97. The first-order valence-corrected chi connectivity index (χ1v) is 12.8. The van der Waals surface area contributed by atoms with Crippen LogP contribution in [0.1, 0.15) is 49.5 Å². The minimum absolute atomic E-state index is 0.0111. The van der Waals surface area contributed by atoms with Crippen LogP contribution in [0.15, 0.2) is 51.8 Å². The van der Waals surface area contributed by atoms with Gasteiger partial charge in [-0.25, -0.2) is 0 Å². The molecule has 0 aromatic heterocycles. The molecule has 1 aliphatic heterocycles. The fourth-order valence-corrected chi connectivity index (χ4v) is 5.81. The number of benzene rings is 2. The summed E-state index contributed by atoms with van der Waals surface area (Å²) in [4.78, 5) is 27.2. The van der Waals surface area contributed by atoms with Gasteiger partial charge >= 0.3 is 0 Å². The Morgan fingerprint density at radius 3 is 2.62 bits per heavy atom. The van der Waals surface area contributed by atoms with E-state index in [9.17, 15) is 18.0 Å². The molecule has 0 radical (unpaired) electrons. The summed E-state index contributed by atoms with van der Waals surface area (Å²) in [5.41, 5.74) is 6.24. The fourth-order valence-electron chi connectivity index (χ4n) is 4.51. The van der Waals surface area contributed by atoms with Gasteiger partial charge in [0.2, 0.25) is 0 Å². The number of carbonyl (C=O) groups excluding carboxylic acids is 2. The van der Waals surface area contributed by atoms with Crippen LogP contribution < -0.4 is 16.4 Å². The summed E-state index contributed by atoms with van der Waals surface area (Å²) in [6, 6.07) is 11.5. The number of thiocarbonyl (C=S) groups is 1. The van der Waals surface area contributed by atoms with E-state index in [1.165, 1.54) is 12.1 Å². The third-order valence-corrected chi connectivity index (χ3v) is 7.79.